The fourth-order valence-electron chi connectivity index (χ4n) is 1.61. The van der Waals surface area contributed by atoms with Gasteiger partial charge in [-0.05, 0) is 25.7 Å². The maximum atomic E-state index is 11.3. The fraction of sp³-hybridized carbons (Fsp3) is 0.778. The third-order valence-electron chi connectivity index (χ3n) is 2.52. The predicted molar refractivity (Wildman–Crippen MR) is 50.2 cm³/mol. The summed E-state index contributed by atoms with van der Waals surface area (Å²) >= 11 is 0. The van der Waals surface area contributed by atoms with Crippen LogP contribution in [0.2, 0.25) is 0 Å². The lowest BCUT2D eigenvalue weighted by Gasteiger charge is -2.22. The highest BCUT2D eigenvalue weighted by molar-refractivity contribution is 5.80. The zero-order chi connectivity index (χ0) is 10.6. The number of piperidine rings is 1. The van der Waals surface area contributed by atoms with Gasteiger partial charge in [-0.15, -0.1) is 0 Å². The molecule has 0 spiro atoms. The Hall–Kier alpha value is -1.10. The number of rotatable bonds is 4. The normalized spacial score (nSPS) is 24.1. The first-order chi connectivity index (χ1) is 6.61. The second-order valence-electron chi connectivity index (χ2n) is 3.63. The highest BCUT2D eigenvalue weighted by Crippen LogP contribution is 2.17. The first kappa shape index (κ1) is 11.0. The maximum absolute atomic E-state index is 11.3. The van der Waals surface area contributed by atoms with Crippen LogP contribution in [0.3, 0.4) is 0 Å². The lowest BCUT2D eigenvalue weighted by molar-refractivity contribution is -0.129. The van der Waals surface area contributed by atoms with Crippen molar-refractivity contribution in [3.05, 3.63) is 0 Å². The van der Waals surface area contributed by atoms with Crippen LogP contribution in [0.1, 0.15) is 25.7 Å². The van der Waals surface area contributed by atoms with Crippen LogP contribution < -0.4 is 11.1 Å². The third-order valence-corrected chi connectivity index (χ3v) is 2.52. The van der Waals surface area contributed by atoms with Gasteiger partial charge in [0.15, 0.2) is 0 Å². The van der Waals surface area contributed by atoms with Gasteiger partial charge in [0.2, 0.25) is 11.8 Å². The van der Waals surface area contributed by atoms with E-state index in [1.807, 2.05) is 0 Å². The highest BCUT2D eigenvalue weighted by Gasteiger charge is 2.23. The summed E-state index contributed by atoms with van der Waals surface area (Å²) in [5.41, 5.74) is 4.90. The molecule has 1 heterocycles. The number of hydrogen-bond acceptors (Lipinski definition) is 3. The van der Waals surface area contributed by atoms with Gasteiger partial charge in [0.05, 0.1) is 0 Å². The van der Waals surface area contributed by atoms with Crippen LogP contribution in [0.25, 0.3) is 0 Å². The molecule has 80 valence electrons. The van der Waals surface area contributed by atoms with Crippen molar-refractivity contribution >= 4 is 11.8 Å². The van der Waals surface area contributed by atoms with E-state index in [4.69, 9.17) is 10.8 Å². The Morgan fingerprint density at radius 1 is 1.71 bits per heavy atom. The number of carbonyl (C=O) groups is 2. The van der Waals surface area contributed by atoms with E-state index in [2.05, 4.69) is 5.32 Å². The average Bonchev–Trinajstić information content (AvgIpc) is 2.16. The van der Waals surface area contributed by atoms with E-state index in [0.717, 1.165) is 19.4 Å². The van der Waals surface area contributed by atoms with E-state index in [1.54, 1.807) is 0 Å². The summed E-state index contributed by atoms with van der Waals surface area (Å²) in [4.78, 5) is 21.8. The van der Waals surface area contributed by atoms with E-state index in [-0.39, 0.29) is 18.2 Å². The minimum atomic E-state index is -1.12. The number of primary amides is 1. The molecular formula is C9H16N2O3. The van der Waals surface area contributed by atoms with Crippen molar-refractivity contribution in [3.63, 3.8) is 0 Å². The van der Waals surface area contributed by atoms with E-state index >= 15 is 0 Å². The molecule has 0 aromatic heterocycles. The molecule has 1 aliphatic rings. The van der Waals surface area contributed by atoms with Gasteiger partial charge in [-0.3, -0.25) is 9.59 Å². The molecule has 1 unspecified atom stereocenters. The molecule has 0 saturated carbocycles. The monoisotopic (exact) mass is 200 g/mol. The Balaban J connectivity index is 2.29. The Morgan fingerprint density at radius 3 is 3.00 bits per heavy atom. The summed E-state index contributed by atoms with van der Waals surface area (Å²) < 4.78 is 0. The van der Waals surface area contributed by atoms with Gasteiger partial charge in [-0.1, -0.05) is 0 Å². The Labute approximate surface area is 82.7 Å². The fourth-order valence-corrected chi connectivity index (χ4v) is 1.61. The summed E-state index contributed by atoms with van der Waals surface area (Å²) in [7, 11) is 0. The number of aliphatic hydroxyl groups is 1. The number of nitrogens with one attached hydrogen (secondary N) is 1. The molecule has 1 rings (SSSR count). The number of amides is 2. The van der Waals surface area contributed by atoms with Crippen LogP contribution in [-0.4, -0.2) is 29.6 Å². The van der Waals surface area contributed by atoms with Crippen LogP contribution in [-0.2, 0) is 9.59 Å². The molecule has 0 aliphatic carbocycles. The Bertz CT molecular complexity index is 230. The molecule has 0 radical (unpaired) electrons. The van der Waals surface area contributed by atoms with Gasteiger partial charge < -0.3 is 16.2 Å². The van der Waals surface area contributed by atoms with E-state index in [1.165, 1.54) is 0 Å². The van der Waals surface area contributed by atoms with Crippen molar-refractivity contribution in [1.29, 1.82) is 0 Å². The maximum Gasteiger partial charge on any atom is 0.246 e. The molecule has 5 nitrogen and oxygen atoms in total. The smallest absolute Gasteiger partial charge is 0.246 e. The van der Waals surface area contributed by atoms with Gasteiger partial charge in [-0.25, -0.2) is 0 Å². The van der Waals surface area contributed by atoms with Gasteiger partial charge in [0, 0.05) is 12.5 Å². The van der Waals surface area contributed by atoms with Crippen LogP contribution in [0.15, 0.2) is 0 Å². The summed E-state index contributed by atoms with van der Waals surface area (Å²) in [6.07, 6.45) is 1.47. The zero-order valence-corrected chi connectivity index (χ0v) is 8.03. The summed E-state index contributed by atoms with van der Waals surface area (Å²) in [5, 5.41) is 11.9. The minimum Gasteiger partial charge on any atom is -0.383 e. The van der Waals surface area contributed by atoms with Crippen molar-refractivity contribution < 1.29 is 14.7 Å². The largest absolute Gasteiger partial charge is 0.383 e. The molecule has 4 N–H and O–H groups in total. The molecule has 2 amide bonds. The van der Waals surface area contributed by atoms with E-state index in [9.17, 15) is 9.59 Å². The van der Waals surface area contributed by atoms with Crippen molar-refractivity contribution in [2.75, 3.05) is 6.54 Å². The molecule has 1 saturated heterocycles. The molecular weight excluding hydrogens is 184 g/mol. The van der Waals surface area contributed by atoms with Crippen LogP contribution >= 0.6 is 0 Å². The number of nitrogens with two attached hydrogens (primary N) is 1. The lowest BCUT2D eigenvalue weighted by Crippen LogP contribution is -2.37. The average molecular weight is 200 g/mol. The number of aliphatic hydroxyl groups excluding tert-OH is 1. The van der Waals surface area contributed by atoms with Gasteiger partial charge in [0.25, 0.3) is 0 Å². The SMILES string of the molecule is NC(=O)C(O)CC[C@@H]1CCCNC1=O. The first-order valence-corrected chi connectivity index (χ1v) is 4.86. The summed E-state index contributed by atoms with van der Waals surface area (Å²) in [6.45, 7) is 0.730. The molecule has 0 bridgehead atoms. The van der Waals surface area contributed by atoms with E-state index in [0.29, 0.717) is 6.42 Å². The summed E-state index contributed by atoms with van der Waals surface area (Å²) in [5.74, 6) is -0.771. The number of carbonyl (C=O) groups excluding carboxylic acids is 2. The molecule has 0 aromatic carbocycles. The second-order valence-corrected chi connectivity index (χ2v) is 3.63. The topological polar surface area (TPSA) is 92.4 Å². The Kier molecular flexibility index (Phi) is 3.88. The van der Waals surface area contributed by atoms with Crippen molar-refractivity contribution in [1.82, 2.24) is 5.32 Å². The van der Waals surface area contributed by atoms with Gasteiger partial charge >= 0.3 is 0 Å². The standard InChI is InChI=1S/C9H16N2O3/c10-8(13)7(12)4-3-6-2-1-5-11-9(6)14/h6-7,12H,1-5H2,(H2,10,13)(H,11,14)/t6-,7?/m0/s1. The lowest BCUT2D eigenvalue weighted by atomic mass is 9.92. The zero-order valence-electron chi connectivity index (χ0n) is 8.03. The highest BCUT2D eigenvalue weighted by atomic mass is 16.3. The molecule has 2 atom stereocenters. The first-order valence-electron chi connectivity index (χ1n) is 4.86. The molecule has 1 fully saturated rings. The quantitative estimate of drug-likeness (QED) is 0.551. The second kappa shape index (κ2) is 4.95. The molecule has 0 aromatic rings. The van der Waals surface area contributed by atoms with Crippen LogP contribution in [0.5, 0.6) is 0 Å². The van der Waals surface area contributed by atoms with Gasteiger partial charge in [-0.2, -0.15) is 0 Å². The predicted octanol–water partition coefficient (Wildman–Crippen LogP) is -0.861. The Morgan fingerprint density at radius 2 is 2.43 bits per heavy atom. The van der Waals surface area contributed by atoms with Crippen molar-refractivity contribution in [2.45, 2.75) is 31.8 Å². The van der Waals surface area contributed by atoms with Crippen LogP contribution in [0, 0.1) is 5.92 Å². The van der Waals surface area contributed by atoms with Crippen molar-refractivity contribution in [3.8, 4) is 0 Å². The molecule has 14 heavy (non-hydrogen) atoms. The number of hydrogen-bond donors (Lipinski definition) is 3. The molecule has 5 heteroatoms. The summed E-state index contributed by atoms with van der Waals surface area (Å²) in [6, 6.07) is 0. The third kappa shape index (κ3) is 2.99. The minimum absolute atomic E-state index is 0.0212. The van der Waals surface area contributed by atoms with Crippen LogP contribution in [0.4, 0.5) is 0 Å². The van der Waals surface area contributed by atoms with Crippen molar-refractivity contribution in [2.24, 2.45) is 11.7 Å². The van der Waals surface area contributed by atoms with Gasteiger partial charge in [0.1, 0.15) is 6.10 Å². The molecule has 1 aliphatic heterocycles. The van der Waals surface area contributed by atoms with E-state index < -0.39 is 12.0 Å².